The van der Waals surface area contributed by atoms with Gasteiger partial charge in [-0.2, -0.15) is 0 Å². The lowest BCUT2D eigenvalue weighted by molar-refractivity contribution is -0.0647. The van der Waals surface area contributed by atoms with Gasteiger partial charge in [-0.15, -0.1) is 0 Å². The van der Waals surface area contributed by atoms with Crippen LogP contribution in [0.25, 0.3) is 0 Å². The number of benzene rings is 2. The van der Waals surface area contributed by atoms with E-state index in [-0.39, 0.29) is 19.0 Å². The van der Waals surface area contributed by atoms with Crippen LogP contribution >= 0.6 is 0 Å². The van der Waals surface area contributed by atoms with E-state index in [1.54, 1.807) is 12.1 Å². The molecule has 4 rings (SSSR count). The molecule has 2 fully saturated rings. The van der Waals surface area contributed by atoms with Crippen molar-refractivity contribution in [3.05, 3.63) is 59.9 Å². The summed E-state index contributed by atoms with van der Waals surface area (Å²) in [6.07, 6.45) is 3.91. The Morgan fingerprint density at radius 2 is 1.73 bits per heavy atom. The highest BCUT2D eigenvalue weighted by Gasteiger charge is 2.33. The zero-order chi connectivity index (χ0) is 22.9. The van der Waals surface area contributed by atoms with Gasteiger partial charge in [0.2, 0.25) is 0 Å². The van der Waals surface area contributed by atoms with E-state index < -0.39 is 5.60 Å². The van der Waals surface area contributed by atoms with Gasteiger partial charge >= 0.3 is 0 Å². The Bertz CT molecular complexity index is 877. The van der Waals surface area contributed by atoms with E-state index in [2.05, 4.69) is 21.9 Å². The lowest BCUT2D eigenvalue weighted by atomic mass is 10.1. The van der Waals surface area contributed by atoms with Crippen LogP contribution < -0.4 is 9.47 Å². The van der Waals surface area contributed by atoms with E-state index in [0.29, 0.717) is 38.6 Å². The van der Waals surface area contributed by atoms with Gasteiger partial charge in [0, 0.05) is 32.2 Å². The van der Waals surface area contributed by atoms with Crippen LogP contribution in [0.2, 0.25) is 0 Å². The highest BCUT2D eigenvalue weighted by atomic mass is 19.1. The molecule has 0 aliphatic carbocycles. The molecule has 0 spiro atoms. The Kier molecular flexibility index (Phi) is 8.56. The van der Waals surface area contributed by atoms with Crippen LogP contribution in [0.3, 0.4) is 0 Å². The predicted octanol–water partition coefficient (Wildman–Crippen LogP) is 3.33. The number of β-amino-alcohol motifs (C(OH)–C–C–N with tert-alkyl or cyclic N) is 1. The van der Waals surface area contributed by atoms with E-state index in [9.17, 15) is 9.50 Å². The molecule has 7 heteroatoms. The molecule has 33 heavy (non-hydrogen) atoms. The molecule has 1 atom stereocenters. The van der Waals surface area contributed by atoms with Gasteiger partial charge in [-0.05, 0) is 55.8 Å². The van der Waals surface area contributed by atoms with E-state index in [1.807, 2.05) is 12.1 Å². The van der Waals surface area contributed by atoms with Gasteiger partial charge in [0.25, 0.3) is 0 Å². The van der Waals surface area contributed by atoms with E-state index in [0.717, 1.165) is 17.9 Å². The summed E-state index contributed by atoms with van der Waals surface area (Å²) in [6.45, 7) is 6.54. The average Bonchev–Trinajstić information content (AvgIpc) is 3.00. The first-order valence-corrected chi connectivity index (χ1v) is 11.9. The fraction of sp³-hybridized carbons (Fsp3) is 0.538. The second kappa shape index (κ2) is 11.8. The molecule has 0 bridgehead atoms. The smallest absolute Gasteiger partial charge is 0.134 e. The maximum Gasteiger partial charge on any atom is 0.134 e. The SMILES string of the molecule is O[C@]1(COc2cccc(F)c2)COCCN(Cc2cccc(OCCN3CCCCC3)c2)C1. The van der Waals surface area contributed by atoms with E-state index in [1.165, 1.54) is 44.5 Å². The fourth-order valence-corrected chi connectivity index (χ4v) is 4.46. The Morgan fingerprint density at radius 3 is 2.55 bits per heavy atom. The normalized spacial score (nSPS) is 22.6. The fourth-order valence-electron chi connectivity index (χ4n) is 4.46. The Balaban J connectivity index is 1.29. The minimum Gasteiger partial charge on any atom is -0.492 e. The third-order valence-electron chi connectivity index (χ3n) is 6.17. The second-order valence-electron chi connectivity index (χ2n) is 9.13. The molecule has 2 aliphatic rings. The molecule has 2 saturated heterocycles. The van der Waals surface area contributed by atoms with Crippen molar-refractivity contribution in [3.8, 4) is 11.5 Å². The molecule has 2 aromatic carbocycles. The summed E-state index contributed by atoms with van der Waals surface area (Å²) in [6, 6.07) is 14.1. The lowest BCUT2D eigenvalue weighted by Crippen LogP contribution is -2.48. The summed E-state index contributed by atoms with van der Waals surface area (Å²) in [5, 5.41) is 11.1. The summed E-state index contributed by atoms with van der Waals surface area (Å²) in [5.74, 6) is 0.908. The first kappa shape index (κ1) is 24.0. The average molecular weight is 459 g/mol. The zero-order valence-corrected chi connectivity index (χ0v) is 19.3. The van der Waals surface area contributed by atoms with Gasteiger partial charge in [-0.1, -0.05) is 24.6 Å². The highest BCUT2D eigenvalue weighted by molar-refractivity contribution is 5.28. The topological polar surface area (TPSA) is 54.4 Å². The Hall–Kier alpha value is -2.19. The number of hydrogen-bond donors (Lipinski definition) is 1. The van der Waals surface area contributed by atoms with Gasteiger partial charge < -0.3 is 19.3 Å². The third kappa shape index (κ3) is 7.67. The van der Waals surface area contributed by atoms with Crippen LogP contribution in [-0.2, 0) is 11.3 Å². The summed E-state index contributed by atoms with van der Waals surface area (Å²) in [4.78, 5) is 4.63. The van der Waals surface area contributed by atoms with Crippen LogP contribution in [0.4, 0.5) is 4.39 Å². The van der Waals surface area contributed by atoms with Crippen molar-refractivity contribution < 1.29 is 23.7 Å². The molecule has 0 saturated carbocycles. The van der Waals surface area contributed by atoms with Gasteiger partial charge in [0.05, 0.1) is 13.2 Å². The first-order chi connectivity index (χ1) is 16.1. The molecular weight excluding hydrogens is 423 g/mol. The number of likely N-dealkylation sites (tertiary alicyclic amines) is 1. The maximum atomic E-state index is 13.4. The molecule has 2 aromatic rings. The molecule has 1 N–H and O–H groups in total. The predicted molar refractivity (Wildman–Crippen MR) is 125 cm³/mol. The number of rotatable bonds is 9. The van der Waals surface area contributed by atoms with Crippen LogP contribution in [0.5, 0.6) is 11.5 Å². The van der Waals surface area contributed by atoms with Crippen molar-refractivity contribution in [2.24, 2.45) is 0 Å². The Labute approximate surface area is 195 Å². The van der Waals surface area contributed by atoms with E-state index in [4.69, 9.17) is 14.2 Å². The van der Waals surface area contributed by atoms with Gasteiger partial charge in [0.1, 0.15) is 36.1 Å². The number of ether oxygens (including phenoxy) is 3. The molecule has 2 heterocycles. The minimum atomic E-state index is -1.18. The number of hydrogen-bond acceptors (Lipinski definition) is 6. The lowest BCUT2D eigenvalue weighted by Gasteiger charge is -2.30. The highest BCUT2D eigenvalue weighted by Crippen LogP contribution is 2.21. The summed E-state index contributed by atoms with van der Waals surface area (Å²) in [7, 11) is 0. The first-order valence-electron chi connectivity index (χ1n) is 11.9. The molecule has 0 unspecified atom stereocenters. The summed E-state index contributed by atoms with van der Waals surface area (Å²) >= 11 is 0. The largest absolute Gasteiger partial charge is 0.492 e. The van der Waals surface area contributed by atoms with Crippen molar-refractivity contribution in [1.29, 1.82) is 0 Å². The molecule has 180 valence electrons. The van der Waals surface area contributed by atoms with Gasteiger partial charge in [0.15, 0.2) is 0 Å². The standard InChI is InChI=1S/C26H35FN2O4/c27-23-7-5-9-25(17-23)33-21-26(30)19-29(12-14-31-20-26)18-22-6-4-8-24(16-22)32-15-13-28-10-2-1-3-11-28/h4-9,16-17,30H,1-3,10-15,18-21H2/t26-/m0/s1. The molecule has 0 radical (unpaired) electrons. The van der Waals surface area contributed by atoms with Crippen molar-refractivity contribution in [2.45, 2.75) is 31.4 Å². The monoisotopic (exact) mass is 458 g/mol. The van der Waals surface area contributed by atoms with Crippen LogP contribution in [0, 0.1) is 5.82 Å². The van der Waals surface area contributed by atoms with Crippen LogP contribution in [0.1, 0.15) is 24.8 Å². The number of piperidine rings is 1. The minimum absolute atomic E-state index is 0.0343. The van der Waals surface area contributed by atoms with Gasteiger partial charge in [-0.3, -0.25) is 9.80 Å². The summed E-state index contributed by atoms with van der Waals surface area (Å²) in [5.41, 5.74) is -0.0495. The van der Waals surface area contributed by atoms with Crippen molar-refractivity contribution in [1.82, 2.24) is 9.80 Å². The van der Waals surface area contributed by atoms with Crippen molar-refractivity contribution in [3.63, 3.8) is 0 Å². The number of halogens is 1. The second-order valence-corrected chi connectivity index (χ2v) is 9.13. The van der Waals surface area contributed by atoms with Crippen molar-refractivity contribution >= 4 is 0 Å². The number of aliphatic hydroxyl groups is 1. The molecule has 6 nitrogen and oxygen atoms in total. The summed E-state index contributed by atoms with van der Waals surface area (Å²) < 4.78 is 30.8. The molecule has 0 amide bonds. The Morgan fingerprint density at radius 1 is 0.939 bits per heavy atom. The van der Waals surface area contributed by atoms with E-state index >= 15 is 0 Å². The number of nitrogens with zero attached hydrogens (tertiary/aromatic N) is 2. The quantitative estimate of drug-likeness (QED) is 0.622. The maximum absolute atomic E-state index is 13.4. The molecular formula is C26H35FN2O4. The van der Waals surface area contributed by atoms with Crippen molar-refractivity contribution in [2.75, 3.05) is 59.2 Å². The van der Waals surface area contributed by atoms with Crippen LogP contribution in [0.15, 0.2) is 48.5 Å². The molecule has 0 aromatic heterocycles. The third-order valence-corrected chi connectivity index (χ3v) is 6.17. The zero-order valence-electron chi connectivity index (χ0n) is 19.3. The molecule has 2 aliphatic heterocycles. The van der Waals surface area contributed by atoms with Gasteiger partial charge in [-0.25, -0.2) is 4.39 Å². The van der Waals surface area contributed by atoms with Crippen LogP contribution in [-0.4, -0.2) is 79.7 Å².